The number of carbonyl (C=O) groups excluding carboxylic acids is 2. The molecule has 0 aliphatic carbocycles. The van der Waals surface area contributed by atoms with Gasteiger partial charge < -0.3 is 9.47 Å². The topological polar surface area (TPSA) is 52.6 Å². The molecule has 0 unspecified atom stereocenters. The van der Waals surface area contributed by atoms with Crippen molar-refractivity contribution in [3.8, 4) is 0 Å². The Bertz CT molecular complexity index is 229. The molecule has 0 rings (SSSR count). The zero-order valence-electron chi connectivity index (χ0n) is 10.2. The number of methoxy groups -OCH3 is 2. The summed E-state index contributed by atoms with van der Waals surface area (Å²) < 4.78 is 9.11. The van der Waals surface area contributed by atoms with Gasteiger partial charge in [0.2, 0.25) is 0 Å². The predicted molar refractivity (Wildman–Crippen MR) is 60.8 cm³/mol. The van der Waals surface area contributed by atoms with Crippen molar-refractivity contribution < 1.29 is 19.1 Å². The summed E-state index contributed by atoms with van der Waals surface area (Å²) in [7, 11) is 2.55. The molecular weight excluding hydrogens is 208 g/mol. The SMILES string of the molecule is CCC=CCCCC(C(=O)OC)C(=O)OC. The summed E-state index contributed by atoms with van der Waals surface area (Å²) in [4.78, 5) is 22.6. The Morgan fingerprint density at radius 1 is 1.12 bits per heavy atom. The second-order valence-corrected chi connectivity index (χ2v) is 3.41. The molecule has 0 heterocycles. The van der Waals surface area contributed by atoms with Gasteiger partial charge in [-0.05, 0) is 25.7 Å². The van der Waals surface area contributed by atoms with Crippen molar-refractivity contribution in [1.29, 1.82) is 0 Å². The highest BCUT2D eigenvalue weighted by atomic mass is 16.5. The molecule has 0 atom stereocenters. The monoisotopic (exact) mass is 228 g/mol. The second kappa shape index (κ2) is 8.95. The smallest absolute Gasteiger partial charge is 0.320 e. The maximum atomic E-state index is 11.3. The van der Waals surface area contributed by atoms with Crippen LogP contribution in [-0.4, -0.2) is 26.2 Å². The highest BCUT2D eigenvalue weighted by Gasteiger charge is 2.27. The Balaban J connectivity index is 4.07. The molecule has 0 radical (unpaired) electrons. The zero-order chi connectivity index (χ0) is 12.4. The van der Waals surface area contributed by atoms with Crippen molar-refractivity contribution in [3.63, 3.8) is 0 Å². The van der Waals surface area contributed by atoms with Crippen LogP contribution < -0.4 is 0 Å². The number of esters is 2. The fourth-order valence-corrected chi connectivity index (χ4v) is 1.34. The first-order valence-corrected chi connectivity index (χ1v) is 5.48. The summed E-state index contributed by atoms with van der Waals surface area (Å²) in [5.74, 6) is -1.83. The number of hydrogen-bond acceptors (Lipinski definition) is 4. The molecule has 16 heavy (non-hydrogen) atoms. The van der Waals surface area contributed by atoms with Crippen molar-refractivity contribution >= 4 is 11.9 Å². The van der Waals surface area contributed by atoms with Gasteiger partial charge in [0.25, 0.3) is 0 Å². The summed E-state index contributed by atoms with van der Waals surface area (Å²) >= 11 is 0. The lowest BCUT2D eigenvalue weighted by atomic mass is 10.0. The van der Waals surface area contributed by atoms with Gasteiger partial charge in [-0.25, -0.2) is 0 Å². The molecule has 0 spiro atoms. The largest absolute Gasteiger partial charge is 0.468 e. The van der Waals surface area contributed by atoms with Crippen molar-refractivity contribution in [2.75, 3.05) is 14.2 Å². The number of ether oxygens (including phenoxy) is 2. The molecule has 4 heteroatoms. The number of unbranched alkanes of at least 4 members (excludes halogenated alkanes) is 1. The van der Waals surface area contributed by atoms with Gasteiger partial charge in [0, 0.05) is 0 Å². The van der Waals surface area contributed by atoms with E-state index in [1.807, 2.05) is 6.08 Å². The summed E-state index contributed by atoms with van der Waals surface area (Å²) in [6, 6.07) is 0. The van der Waals surface area contributed by atoms with Crippen molar-refractivity contribution in [1.82, 2.24) is 0 Å². The van der Waals surface area contributed by atoms with E-state index in [2.05, 4.69) is 22.5 Å². The second-order valence-electron chi connectivity index (χ2n) is 3.41. The minimum atomic E-state index is -0.787. The van der Waals surface area contributed by atoms with Crippen molar-refractivity contribution in [2.24, 2.45) is 5.92 Å². The van der Waals surface area contributed by atoms with Crippen LogP contribution in [0.4, 0.5) is 0 Å². The molecule has 92 valence electrons. The van der Waals surface area contributed by atoms with E-state index >= 15 is 0 Å². The van der Waals surface area contributed by atoms with Gasteiger partial charge in [0.05, 0.1) is 14.2 Å². The third-order valence-corrected chi connectivity index (χ3v) is 2.24. The van der Waals surface area contributed by atoms with Gasteiger partial charge in [0.15, 0.2) is 5.92 Å². The minimum Gasteiger partial charge on any atom is -0.468 e. The summed E-state index contributed by atoms with van der Waals surface area (Å²) in [6.07, 6.45) is 7.20. The molecule has 0 saturated heterocycles. The zero-order valence-corrected chi connectivity index (χ0v) is 10.2. The van der Waals surface area contributed by atoms with E-state index in [1.54, 1.807) is 0 Å². The highest BCUT2D eigenvalue weighted by molar-refractivity contribution is 5.94. The molecule has 0 aliphatic rings. The quantitative estimate of drug-likeness (QED) is 0.290. The molecule has 0 bridgehead atoms. The molecule has 0 amide bonds. The predicted octanol–water partition coefficient (Wildman–Crippen LogP) is 2.09. The molecule has 0 fully saturated rings. The van der Waals surface area contributed by atoms with E-state index < -0.39 is 17.9 Å². The summed E-state index contributed by atoms with van der Waals surface area (Å²) in [5.41, 5.74) is 0. The third-order valence-electron chi connectivity index (χ3n) is 2.24. The van der Waals surface area contributed by atoms with Crippen LogP contribution >= 0.6 is 0 Å². The average Bonchev–Trinajstić information content (AvgIpc) is 2.32. The molecule has 0 aromatic carbocycles. The number of carbonyl (C=O) groups is 2. The normalized spacial score (nSPS) is 10.8. The first kappa shape index (κ1) is 14.7. The van der Waals surface area contributed by atoms with E-state index in [1.165, 1.54) is 14.2 Å². The summed E-state index contributed by atoms with van der Waals surface area (Å²) in [6.45, 7) is 2.06. The number of rotatable bonds is 7. The van der Waals surface area contributed by atoms with Crippen LogP contribution in [-0.2, 0) is 19.1 Å². The molecular formula is C12H20O4. The Hall–Kier alpha value is -1.32. The maximum absolute atomic E-state index is 11.3. The fraction of sp³-hybridized carbons (Fsp3) is 0.667. The number of allylic oxidation sites excluding steroid dienone is 2. The minimum absolute atomic E-state index is 0.466. The summed E-state index contributed by atoms with van der Waals surface area (Å²) in [5, 5.41) is 0. The first-order valence-electron chi connectivity index (χ1n) is 5.48. The van der Waals surface area contributed by atoms with Gasteiger partial charge in [-0.1, -0.05) is 19.1 Å². The van der Waals surface area contributed by atoms with E-state index in [-0.39, 0.29) is 0 Å². The van der Waals surface area contributed by atoms with Crippen LogP contribution in [0.1, 0.15) is 32.6 Å². The molecule has 0 aliphatic heterocycles. The molecule has 0 N–H and O–H groups in total. The average molecular weight is 228 g/mol. The van der Waals surface area contributed by atoms with Gasteiger partial charge in [-0.3, -0.25) is 9.59 Å². The van der Waals surface area contributed by atoms with E-state index in [4.69, 9.17) is 0 Å². The lowest BCUT2D eigenvalue weighted by molar-refractivity contribution is -0.159. The fourth-order valence-electron chi connectivity index (χ4n) is 1.34. The van der Waals surface area contributed by atoms with Crippen LogP contribution in [0, 0.1) is 5.92 Å². The van der Waals surface area contributed by atoms with Crippen molar-refractivity contribution in [3.05, 3.63) is 12.2 Å². The highest BCUT2D eigenvalue weighted by Crippen LogP contribution is 2.12. The Morgan fingerprint density at radius 2 is 1.69 bits per heavy atom. The van der Waals surface area contributed by atoms with Gasteiger partial charge in [-0.2, -0.15) is 0 Å². The third kappa shape index (κ3) is 5.53. The standard InChI is InChI=1S/C12H20O4/c1-4-5-6-7-8-9-10(11(13)15-2)12(14)16-3/h5-6,10H,4,7-9H2,1-3H3. The van der Waals surface area contributed by atoms with Crippen LogP contribution in [0.5, 0.6) is 0 Å². The Kier molecular flexibility index (Phi) is 8.21. The lowest BCUT2D eigenvalue weighted by Crippen LogP contribution is -2.26. The maximum Gasteiger partial charge on any atom is 0.320 e. The van der Waals surface area contributed by atoms with Gasteiger partial charge >= 0.3 is 11.9 Å². The molecule has 0 aromatic rings. The van der Waals surface area contributed by atoms with Crippen molar-refractivity contribution in [2.45, 2.75) is 32.6 Å². The number of hydrogen-bond donors (Lipinski definition) is 0. The Morgan fingerprint density at radius 3 is 2.12 bits per heavy atom. The van der Waals surface area contributed by atoms with Crippen LogP contribution in [0.3, 0.4) is 0 Å². The lowest BCUT2D eigenvalue weighted by Gasteiger charge is -2.11. The van der Waals surface area contributed by atoms with Crippen LogP contribution in [0.2, 0.25) is 0 Å². The molecule has 0 aromatic heterocycles. The van der Waals surface area contributed by atoms with Gasteiger partial charge in [-0.15, -0.1) is 0 Å². The van der Waals surface area contributed by atoms with Crippen LogP contribution in [0.15, 0.2) is 12.2 Å². The molecule has 4 nitrogen and oxygen atoms in total. The molecule has 0 saturated carbocycles. The van der Waals surface area contributed by atoms with E-state index in [9.17, 15) is 9.59 Å². The Labute approximate surface area is 96.6 Å². The van der Waals surface area contributed by atoms with Crippen LogP contribution in [0.25, 0.3) is 0 Å². The van der Waals surface area contributed by atoms with Gasteiger partial charge in [0.1, 0.15) is 0 Å². The van der Waals surface area contributed by atoms with E-state index in [0.29, 0.717) is 6.42 Å². The first-order chi connectivity index (χ1) is 7.67. The van der Waals surface area contributed by atoms with E-state index in [0.717, 1.165) is 19.3 Å².